The van der Waals surface area contributed by atoms with E-state index in [-0.39, 0.29) is 47.5 Å². The topological polar surface area (TPSA) is 115 Å². The third-order valence-corrected chi connectivity index (χ3v) is 6.55. The summed E-state index contributed by atoms with van der Waals surface area (Å²) in [6.07, 6.45) is -3.53. The third-order valence-electron chi connectivity index (χ3n) is 6.55. The number of aromatic nitrogens is 1. The zero-order valence-corrected chi connectivity index (χ0v) is 22.5. The second-order valence-electron chi connectivity index (χ2n) is 9.51. The number of anilines is 1. The molecule has 4 rings (SSSR count). The molecule has 0 bridgehead atoms. The van der Waals surface area contributed by atoms with Crippen LogP contribution in [0.1, 0.15) is 39.2 Å². The molecule has 1 amide bonds. The van der Waals surface area contributed by atoms with Crippen LogP contribution in [-0.2, 0) is 17.5 Å². The molecule has 0 saturated heterocycles. The Bertz CT molecular complexity index is 1730. The van der Waals surface area contributed by atoms with Crippen LogP contribution in [0.25, 0.3) is 22.3 Å². The fourth-order valence-corrected chi connectivity index (χ4v) is 4.35. The van der Waals surface area contributed by atoms with Crippen LogP contribution in [0.5, 0.6) is 0 Å². The van der Waals surface area contributed by atoms with Crippen LogP contribution < -0.4 is 10.6 Å². The minimum Gasteiger partial charge on any atom is -0.481 e. The van der Waals surface area contributed by atoms with Gasteiger partial charge in [-0.2, -0.15) is 18.4 Å². The quantitative estimate of drug-likeness (QED) is 0.186. The monoisotopic (exact) mass is 594 g/mol. The van der Waals surface area contributed by atoms with Crippen molar-refractivity contribution in [1.29, 1.82) is 5.26 Å². The first-order valence-corrected chi connectivity index (χ1v) is 12.8. The van der Waals surface area contributed by atoms with Gasteiger partial charge in [0.25, 0.3) is 5.91 Å². The summed E-state index contributed by atoms with van der Waals surface area (Å²) < 4.78 is 68.7. The Morgan fingerprint density at radius 1 is 0.953 bits per heavy atom. The highest BCUT2D eigenvalue weighted by Gasteiger charge is 2.32. The zero-order valence-electron chi connectivity index (χ0n) is 22.5. The molecule has 0 radical (unpaired) electrons. The van der Waals surface area contributed by atoms with E-state index in [2.05, 4.69) is 15.6 Å². The van der Waals surface area contributed by atoms with Crippen molar-refractivity contribution in [3.63, 3.8) is 0 Å². The van der Waals surface area contributed by atoms with E-state index in [0.717, 1.165) is 18.2 Å². The maximum atomic E-state index is 14.2. The van der Waals surface area contributed by atoms with Crippen LogP contribution >= 0.6 is 0 Å². The first-order chi connectivity index (χ1) is 20.4. The fourth-order valence-electron chi connectivity index (χ4n) is 4.35. The van der Waals surface area contributed by atoms with Gasteiger partial charge in [0, 0.05) is 30.5 Å². The Morgan fingerprint density at radius 2 is 1.67 bits per heavy atom. The highest BCUT2D eigenvalue weighted by atomic mass is 19.4. The molecule has 0 aliphatic rings. The first-order valence-electron chi connectivity index (χ1n) is 12.8. The molecule has 0 spiro atoms. The summed E-state index contributed by atoms with van der Waals surface area (Å²) in [6.45, 7) is 1.23. The number of carbonyl (C=O) groups is 2. The van der Waals surface area contributed by atoms with Gasteiger partial charge in [-0.15, -0.1) is 0 Å². The van der Waals surface area contributed by atoms with Crippen molar-refractivity contribution in [1.82, 2.24) is 10.3 Å². The SMILES string of the molecule is Cc1ccc(-c2ccc(NCc3cc(F)c(F)cc3-c3ccc(C(=O)NCCC(=O)O)nc3)cc2C#N)cc1C(F)(F)F. The third kappa shape index (κ3) is 7.32. The molecular weight excluding hydrogens is 571 g/mol. The number of amides is 1. The van der Waals surface area contributed by atoms with Crippen molar-refractivity contribution in [2.45, 2.75) is 26.1 Å². The normalized spacial score (nSPS) is 11.1. The smallest absolute Gasteiger partial charge is 0.416 e. The Kier molecular flexibility index (Phi) is 9.04. The first kappa shape index (κ1) is 30.6. The number of benzene rings is 3. The van der Waals surface area contributed by atoms with Gasteiger partial charge in [0.05, 0.1) is 23.6 Å². The minimum absolute atomic E-state index is 0.00329. The van der Waals surface area contributed by atoms with Crippen LogP contribution in [0.4, 0.5) is 27.6 Å². The molecule has 0 atom stereocenters. The molecule has 0 aliphatic heterocycles. The van der Waals surface area contributed by atoms with E-state index in [4.69, 9.17) is 5.11 Å². The van der Waals surface area contributed by atoms with Gasteiger partial charge in [-0.1, -0.05) is 24.3 Å². The minimum atomic E-state index is -4.55. The largest absolute Gasteiger partial charge is 0.481 e. The Hall–Kier alpha value is -5.31. The predicted molar refractivity (Wildman–Crippen MR) is 148 cm³/mol. The van der Waals surface area contributed by atoms with Crippen LogP contribution in [0.15, 0.2) is 66.9 Å². The van der Waals surface area contributed by atoms with Crippen molar-refractivity contribution < 1.29 is 36.6 Å². The maximum absolute atomic E-state index is 14.2. The Morgan fingerprint density at radius 3 is 2.33 bits per heavy atom. The van der Waals surface area contributed by atoms with Crippen LogP contribution in [0.2, 0.25) is 0 Å². The summed E-state index contributed by atoms with van der Waals surface area (Å²) in [5.74, 6) is -3.89. The van der Waals surface area contributed by atoms with Crippen molar-refractivity contribution in [2.75, 3.05) is 11.9 Å². The summed E-state index contributed by atoms with van der Waals surface area (Å²) in [5.41, 5.74) is 1.23. The van der Waals surface area contributed by atoms with Gasteiger partial charge in [0.15, 0.2) is 11.6 Å². The second-order valence-corrected chi connectivity index (χ2v) is 9.51. The van der Waals surface area contributed by atoms with E-state index in [9.17, 15) is 36.8 Å². The number of nitriles is 1. The van der Waals surface area contributed by atoms with Crippen molar-refractivity contribution in [3.8, 4) is 28.3 Å². The van der Waals surface area contributed by atoms with Gasteiger partial charge in [0.2, 0.25) is 0 Å². The number of carboxylic acids is 1. The van der Waals surface area contributed by atoms with E-state index in [1.54, 1.807) is 6.07 Å². The molecule has 12 heteroatoms. The maximum Gasteiger partial charge on any atom is 0.416 e. The Labute approximate surface area is 242 Å². The van der Waals surface area contributed by atoms with Crippen molar-refractivity contribution in [2.24, 2.45) is 0 Å². The molecule has 3 N–H and O–H groups in total. The molecule has 0 unspecified atom stereocenters. The van der Waals surface area contributed by atoms with E-state index in [1.807, 2.05) is 6.07 Å². The molecule has 4 aromatic rings. The van der Waals surface area contributed by atoms with Gasteiger partial charge in [0.1, 0.15) is 5.69 Å². The number of carbonyl (C=O) groups excluding carboxylic acids is 1. The van der Waals surface area contributed by atoms with Gasteiger partial charge in [-0.3, -0.25) is 14.6 Å². The molecule has 0 fully saturated rings. The predicted octanol–water partition coefficient (Wildman–Crippen LogP) is 6.71. The Balaban J connectivity index is 1.57. The average molecular weight is 595 g/mol. The molecule has 0 aliphatic carbocycles. The van der Waals surface area contributed by atoms with Gasteiger partial charge < -0.3 is 15.7 Å². The molecule has 7 nitrogen and oxygen atoms in total. The lowest BCUT2D eigenvalue weighted by Crippen LogP contribution is -2.26. The number of pyridine rings is 1. The zero-order chi connectivity index (χ0) is 31.3. The molecule has 3 aromatic carbocycles. The number of rotatable bonds is 9. The molecule has 1 heterocycles. The summed E-state index contributed by atoms with van der Waals surface area (Å²) in [5, 5.41) is 23.8. The molecule has 43 heavy (non-hydrogen) atoms. The number of hydrogen-bond donors (Lipinski definition) is 3. The van der Waals surface area contributed by atoms with E-state index >= 15 is 0 Å². The molecule has 1 aromatic heterocycles. The lowest BCUT2D eigenvalue weighted by atomic mass is 9.95. The summed E-state index contributed by atoms with van der Waals surface area (Å²) in [7, 11) is 0. The van der Waals surface area contributed by atoms with Gasteiger partial charge >= 0.3 is 12.1 Å². The summed E-state index contributed by atoms with van der Waals surface area (Å²) in [6, 6.07) is 15.1. The van der Waals surface area contributed by atoms with Crippen molar-refractivity contribution >= 4 is 17.6 Å². The standard InChI is InChI=1S/C31H23F5N4O3/c1-17-2-3-18(11-25(17)31(34,35)36)23-6-5-22(10-20(23)14-37)39-16-21-12-26(32)27(33)13-24(21)19-4-7-28(40-15-19)30(43)38-9-8-29(41)42/h2-7,10-13,15,39H,8-9,16H2,1H3,(H,38,43)(H,41,42). The summed E-state index contributed by atoms with van der Waals surface area (Å²) >= 11 is 0. The van der Waals surface area contributed by atoms with E-state index in [1.165, 1.54) is 49.5 Å². The average Bonchev–Trinajstić information content (AvgIpc) is 2.97. The van der Waals surface area contributed by atoms with Gasteiger partial charge in [-0.25, -0.2) is 8.78 Å². The van der Waals surface area contributed by atoms with Crippen molar-refractivity contribution in [3.05, 3.63) is 106 Å². The highest BCUT2D eigenvalue weighted by Crippen LogP contribution is 2.36. The molecule has 220 valence electrons. The van der Waals surface area contributed by atoms with E-state index < -0.39 is 35.3 Å². The molecular formula is C31H23F5N4O3. The number of nitrogens with one attached hydrogen (secondary N) is 2. The molecule has 0 saturated carbocycles. The van der Waals surface area contributed by atoms with Crippen LogP contribution in [0.3, 0.4) is 0 Å². The lowest BCUT2D eigenvalue weighted by Gasteiger charge is -2.15. The number of aliphatic carboxylic acids is 1. The number of hydrogen-bond acceptors (Lipinski definition) is 5. The van der Waals surface area contributed by atoms with Gasteiger partial charge in [-0.05, 0) is 71.1 Å². The lowest BCUT2D eigenvalue weighted by molar-refractivity contribution is -0.138. The van der Waals surface area contributed by atoms with Crippen LogP contribution in [-0.4, -0.2) is 28.5 Å². The number of alkyl halides is 3. The number of aryl methyl sites for hydroxylation is 1. The summed E-state index contributed by atoms with van der Waals surface area (Å²) in [4.78, 5) is 26.9. The number of nitrogens with zero attached hydrogens (tertiary/aromatic N) is 2. The fraction of sp³-hybridized carbons (Fsp3) is 0.161. The van der Waals surface area contributed by atoms with E-state index in [0.29, 0.717) is 22.4 Å². The highest BCUT2D eigenvalue weighted by molar-refractivity contribution is 5.92. The second kappa shape index (κ2) is 12.7. The van der Waals surface area contributed by atoms with Crippen LogP contribution in [0, 0.1) is 29.9 Å². The number of carboxylic acid groups (broad SMARTS) is 1. The number of halogens is 5.